The number of hydrogen-bond donors (Lipinski definition) is 13. The van der Waals surface area contributed by atoms with Crippen LogP contribution in [0.15, 0.2) is 98.1 Å². The molecule has 102 heavy (non-hydrogen) atoms. The van der Waals surface area contributed by atoms with E-state index in [-0.39, 0.29) is 106 Å². The van der Waals surface area contributed by atoms with Crippen molar-refractivity contribution in [1.82, 2.24) is 67.1 Å². The summed E-state index contributed by atoms with van der Waals surface area (Å²) in [6.45, 7) is 2.03. The number of amides is 8. The fraction of sp³-hybridized carbons (Fsp3) is 0.308. The molecule has 0 saturated heterocycles. The van der Waals surface area contributed by atoms with E-state index in [4.69, 9.17) is 10.5 Å². The molecule has 0 fully saturated rings. The minimum absolute atomic E-state index is 0.00211. The molecule has 0 radical (unpaired) electrons. The molecular formula is C65H77N23O14. The molecule has 0 aliphatic heterocycles. The highest BCUT2D eigenvalue weighted by Gasteiger charge is 2.26. The largest absolute Gasteiger partial charge is 0.477 e. The first-order chi connectivity index (χ1) is 48.6. The Labute approximate surface area is 581 Å². The quantitative estimate of drug-likeness (QED) is 0.0122. The number of aryl methyl sites for hydroxylation is 7. The van der Waals surface area contributed by atoms with Crippen molar-refractivity contribution in [3.8, 4) is 0 Å². The van der Waals surface area contributed by atoms with E-state index in [0.717, 1.165) is 16.2 Å². The van der Waals surface area contributed by atoms with Crippen molar-refractivity contribution in [2.24, 2.45) is 55.1 Å². The molecule has 0 aliphatic rings. The second-order valence-electron chi connectivity index (χ2n) is 23.6. The SMILES string of the molecule is CCNC(O)Cc1ccc(COC(=O)CNC(=O)Cn2cc(NC(=O)c3nc(NC(=O)c4cc(NC(=O)c5nc(NCCCC(=O)c6cc(NC(=O)c7nc(NC(=O)c8cc(NC(=O)c9nc(NC(=O)CCCN)cn9C)cn8C)cn7C)cn6C)cn5C)cn4C)cn3C)cc2C(=O)O)cc1. The van der Waals surface area contributed by atoms with Crippen molar-refractivity contribution in [2.75, 3.05) is 68.7 Å². The summed E-state index contributed by atoms with van der Waals surface area (Å²) >= 11 is 0. The number of aromatic carboxylic acids is 1. The van der Waals surface area contributed by atoms with Crippen LogP contribution in [-0.4, -0.2) is 164 Å². The van der Waals surface area contributed by atoms with Crippen LogP contribution in [0.25, 0.3) is 0 Å². The van der Waals surface area contributed by atoms with Gasteiger partial charge in [0.25, 0.3) is 35.4 Å². The smallest absolute Gasteiger partial charge is 0.352 e. The van der Waals surface area contributed by atoms with E-state index in [2.05, 4.69) is 73.1 Å². The molecule has 9 aromatic rings. The summed E-state index contributed by atoms with van der Waals surface area (Å²) in [4.78, 5) is 161. The number of aliphatic hydroxyl groups excluding tert-OH is 1. The van der Waals surface area contributed by atoms with Crippen molar-refractivity contribution in [3.63, 3.8) is 0 Å². The Morgan fingerprint density at radius 2 is 0.922 bits per heavy atom. The van der Waals surface area contributed by atoms with Crippen molar-refractivity contribution < 1.29 is 67.7 Å². The van der Waals surface area contributed by atoms with Gasteiger partial charge in [0.2, 0.25) is 35.1 Å². The Balaban J connectivity index is 0.694. The highest BCUT2D eigenvalue weighted by Crippen LogP contribution is 2.23. The number of anilines is 8. The molecule has 37 heteroatoms. The third-order valence-corrected chi connectivity index (χ3v) is 15.5. The molecule has 8 heterocycles. The van der Waals surface area contributed by atoms with E-state index in [1.54, 1.807) is 83.5 Å². The number of likely N-dealkylation sites (N-methyl/N-ethyl adjacent to an activating group) is 1. The number of ketones is 1. The van der Waals surface area contributed by atoms with Crippen LogP contribution in [0.5, 0.6) is 0 Å². The van der Waals surface area contributed by atoms with Crippen molar-refractivity contribution in [3.05, 3.63) is 155 Å². The summed E-state index contributed by atoms with van der Waals surface area (Å²) in [6.07, 6.45) is 12.6. The monoisotopic (exact) mass is 1400 g/mol. The molecule has 1 atom stereocenters. The number of hydrogen-bond acceptors (Lipinski definition) is 20. The second-order valence-corrected chi connectivity index (χ2v) is 23.6. The van der Waals surface area contributed by atoms with Gasteiger partial charge in [0.15, 0.2) is 23.2 Å². The molecule has 8 aromatic heterocycles. The Hall–Kier alpha value is -12.8. The van der Waals surface area contributed by atoms with Crippen LogP contribution < -0.4 is 58.9 Å². The lowest BCUT2D eigenvalue weighted by molar-refractivity contribution is -0.145. The maximum Gasteiger partial charge on any atom is 0.352 e. The number of Topliss-reactive ketones (excluding diaryl/α,β-unsaturated/α-hetero) is 1. The number of nitrogens with two attached hydrogens (primary N) is 1. The predicted octanol–water partition coefficient (Wildman–Crippen LogP) is 2.73. The van der Waals surface area contributed by atoms with E-state index >= 15 is 0 Å². The summed E-state index contributed by atoms with van der Waals surface area (Å²) in [7, 11) is 11.1. The van der Waals surface area contributed by atoms with E-state index in [9.17, 15) is 63.0 Å². The molecule has 0 aliphatic carbocycles. The molecule has 37 nitrogen and oxygen atoms in total. The lowest BCUT2D eigenvalue weighted by atomic mass is 10.1. The van der Waals surface area contributed by atoms with Crippen LogP contribution >= 0.6 is 0 Å². The average molecular weight is 1400 g/mol. The Morgan fingerprint density at radius 3 is 1.40 bits per heavy atom. The molecule has 9 rings (SSSR count). The van der Waals surface area contributed by atoms with E-state index < -0.39 is 72.6 Å². The van der Waals surface area contributed by atoms with Crippen LogP contribution in [0.2, 0.25) is 0 Å². The third kappa shape index (κ3) is 18.9. The van der Waals surface area contributed by atoms with Gasteiger partial charge >= 0.3 is 11.9 Å². The van der Waals surface area contributed by atoms with Crippen molar-refractivity contribution in [2.45, 2.75) is 58.4 Å². The van der Waals surface area contributed by atoms with Gasteiger partial charge in [-0.05, 0) is 61.3 Å². The molecular weight excluding hydrogens is 1330 g/mol. The Kier molecular flexibility index (Phi) is 23.6. The molecule has 1 aromatic carbocycles. The normalized spacial score (nSPS) is 11.4. The van der Waals surface area contributed by atoms with Crippen LogP contribution in [0.1, 0.15) is 128 Å². The number of aliphatic hydroxyl groups is 1. The minimum Gasteiger partial charge on any atom is -0.477 e. The molecule has 0 saturated carbocycles. The summed E-state index contributed by atoms with van der Waals surface area (Å²) < 4.78 is 16.5. The van der Waals surface area contributed by atoms with Gasteiger partial charge in [-0.25, -0.2) is 24.7 Å². The van der Waals surface area contributed by atoms with Gasteiger partial charge in [0.05, 0.1) is 28.4 Å². The van der Waals surface area contributed by atoms with Gasteiger partial charge < -0.3 is 105 Å². The van der Waals surface area contributed by atoms with E-state index in [1.165, 1.54) is 89.8 Å². The highest BCUT2D eigenvalue weighted by atomic mass is 16.5. The highest BCUT2D eigenvalue weighted by molar-refractivity contribution is 6.09. The van der Waals surface area contributed by atoms with Crippen molar-refractivity contribution >= 4 is 111 Å². The Morgan fingerprint density at radius 1 is 0.490 bits per heavy atom. The zero-order chi connectivity index (χ0) is 73.6. The number of esters is 1. The number of nitrogens with zero attached hydrogens (tertiary/aromatic N) is 12. The second kappa shape index (κ2) is 32.7. The third-order valence-electron chi connectivity index (χ3n) is 15.5. The maximum atomic E-state index is 13.6. The summed E-state index contributed by atoms with van der Waals surface area (Å²) in [5.74, 6) is -6.88. The van der Waals surface area contributed by atoms with Crippen LogP contribution in [0.3, 0.4) is 0 Å². The van der Waals surface area contributed by atoms with Crippen LogP contribution in [-0.2, 0) is 88.0 Å². The summed E-state index contributed by atoms with van der Waals surface area (Å²) in [5, 5.41) is 46.9. The van der Waals surface area contributed by atoms with E-state index in [1.807, 2.05) is 6.92 Å². The lowest BCUT2D eigenvalue weighted by Gasteiger charge is -2.11. The number of carbonyl (C=O) groups is 11. The number of rotatable bonds is 33. The number of carbonyl (C=O) groups excluding carboxylic acids is 10. The van der Waals surface area contributed by atoms with Crippen LogP contribution in [0, 0.1) is 0 Å². The fourth-order valence-corrected chi connectivity index (χ4v) is 10.6. The Bertz CT molecular complexity index is 4670. The van der Waals surface area contributed by atoms with Crippen LogP contribution in [0.4, 0.5) is 46.0 Å². The van der Waals surface area contributed by atoms with Gasteiger partial charge in [-0.2, -0.15) is 0 Å². The minimum atomic E-state index is -1.41. The molecule has 1 unspecified atom stereocenters. The van der Waals surface area contributed by atoms with Gasteiger partial charge in [-0.15, -0.1) is 0 Å². The number of carboxylic acids is 1. The number of carboxylic acid groups (broad SMARTS) is 1. The molecule has 14 N–H and O–H groups in total. The number of nitrogens with one attached hydrogen (secondary N) is 10. The van der Waals surface area contributed by atoms with E-state index in [0.29, 0.717) is 61.7 Å². The molecule has 536 valence electrons. The molecule has 0 bridgehead atoms. The number of benzene rings is 1. The first-order valence-electron chi connectivity index (χ1n) is 31.7. The molecule has 8 amide bonds. The maximum absolute atomic E-state index is 13.6. The lowest BCUT2D eigenvalue weighted by Crippen LogP contribution is -2.33. The fourth-order valence-electron chi connectivity index (χ4n) is 10.6. The van der Waals surface area contributed by atoms with Gasteiger partial charge in [0, 0.05) is 125 Å². The van der Waals surface area contributed by atoms with Crippen molar-refractivity contribution in [1.29, 1.82) is 0 Å². The standard InChI is InChI=1S/C65H77N23O14/c1-9-67-52(91)20-36-14-16-37(17-15-36)35-102-54(93)25-69-53(92)34-88-29-41(24-45(88)65(100)101)73-64(99)58-78-50(33-87(58)8)80-59(94)43-22-39(27-82(43)3)71-61(96)55-75-47(30-84(55)5)68-19-11-12-46(89)42-21-38(26-81(42)2)70-63(98)57-77-49(32-86(57)7)79-60(95)44-23-40(28-83(44)4)72-62(97)56-76-48(31-85(56)6)74-51(90)13-10-18-66/h14-17,21-24,26-33,52,67-68,91H,9-13,18-20,25,34-35,66H2,1-8H3,(H,69,92)(H,70,98)(H,71,96)(H,72,97)(H,73,99)(H,74,90)(H,79,95)(H,80,94)(H,100,101). The average Bonchev–Trinajstić information content (AvgIpc) is 1.68. The first kappa shape index (κ1) is 73.5. The number of imidazole rings is 4. The predicted molar refractivity (Wildman–Crippen MR) is 370 cm³/mol. The zero-order valence-corrected chi connectivity index (χ0v) is 56.8. The zero-order valence-electron chi connectivity index (χ0n) is 56.8. The first-order valence-corrected chi connectivity index (χ1v) is 31.7. The number of aromatic nitrogens is 12. The van der Waals surface area contributed by atoms with Gasteiger partial charge in [-0.3, -0.25) is 53.3 Å². The summed E-state index contributed by atoms with van der Waals surface area (Å²) in [6, 6.07) is 12.6. The summed E-state index contributed by atoms with van der Waals surface area (Å²) in [5.41, 5.74) is 8.08. The molecule has 0 spiro atoms. The van der Waals surface area contributed by atoms with Gasteiger partial charge in [0.1, 0.15) is 48.8 Å². The number of ether oxygens (including phenoxy) is 1. The van der Waals surface area contributed by atoms with Gasteiger partial charge in [-0.1, -0.05) is 31.2 Å². The topological polar surface area (TPSA) is 475 Å².